The van der Waals surface area contributed by atoms with E-state index in [1.165, 1.54) is 35.6 Å². The third-order valence-corrected chi connectivity index (χ3v) is 6.00. The van der Waals surface area contributed by atoms with E-state index < -0.39 is 5.92 Å². The van der Waals surface area contributed by atoms with Gasteiger partial charge in [0.1, 0.15) is 11.6 Å². The average Bonchev–Trinajstić information content (AvgIpc) is 3.17. The van der Waals surface area contributed by atoms with Crippen molar-refractivity contribution in [3.05, 3.63) is 70.5 Å². The zero-order valence-electron chi connectivity index (χ0n) is 16.3. The van der Waals surface area contributed by atoms with Gasteiger partial charge in [-0.15, -0.1) is 11.3 Å². The second-order valence-corrected chi connectivity index (χ2v) is 8.03. The number of methoxy groups -OCH3 is 1. The van der Waals surface area contributed by atoms with Gasteiger partial charge >= 0.3 is 0 Å². The zero-order valence-corrected chi connectivity index (χ0v) is 17.1. The molecule has 2 aromatic carbocycles. The van der Waals surface area contributed by atoms with Crippen LogP contribution in [0.25, 0.3) is 0 Å². The highest BCUT2D eigenvalue weighted by atomic mass is 32.1. The molecular weight excluding hydrogens is 405 g/mol. The van der Waals surface area contributed by atoms with Gasteiger partial charge in [-0.3, -0.25) is 14.9 Å². The largest absolute Gasteiger partial charge is 0.497 e. The van der Waals surface area contributed by atoms with Crippen LogP contribution in [-0.4, -0.2) is 23.9 Å². The van der Waals surface area contributed by atoms with Crippen LogP contribution in [0, 0.1) is 5.82 Å². The number of amides is 2. The molecule has 0 saturated carbocycles. The Morgan fingerprint density at radius 2 is 1.83 bits per heavy atom. The molecule has 2 N–H and O–H groups in total. The number of hydrogen-bond donors (Lipinski definition) is 2. The lowest BCUT2D eigenvalue weighted by Crippen LogP contribution is -2.24. The molecule has 1 heterocycles. The molecule has 0 fully saturated rings. The lowest BCUT2D eigenvalue weighted by atomic mass is 9.90. The van der Waals surface area contributed by atoms with E-state index in [0.29, 0.717) is 34.2 Å². The molecule has 154 valence electrons. The fourth-order valence-electron chi connectivity index (χ4n) is 3.40. The van der Waals surface area contributed by atoms with E-state index in [2.05, 4.69) is 15.6 Å². The minimum Gasteiger partial charge on any atom is -0.497 e. The normalized spacial score (nSPS) is 15.2. The van der Waals surface area contributed by atoms with E-state index in [1.54, 1.807) is 31.4 Å². The van der Waals surface area contributed by atoms with Gasteiger partial charge in [0.05, 0.1) is 18.7 Å². The van der Waals surface area contributed by atoms with E-state index in [0.717, 1.165) is 17.7 Å². The fraction of sp³-hybridized carbons (Fsp3) is 0.227. The molecule has 6 nitrogen and oxygen atoms in total. The summed E-state index contributed by atoms with van der Waals surface area (Å²) in [5.41, 5.74) is 1.74. The van der Waals surface area contributed by atoms with Crippen LogP contribution < -0.4 is 15.4 Å². The van der Waals surface area contributed by atoms with Crippen molar-refractivity contribution in [2.24, 2.45) is 0 Å². The molecule has 1 aliphatic carbocycles. The Bertz CT molecular complexity index is 1060. The third-order valence-electron chi connectivity index (χ3n) is 4.96. The summed E-state index contributed by atoms with van der Waals surface area (Å²) in [6.07, 6.45) is 2.37. The monoisotopic (exact) mass is 425 g/mol. The van der Waals surface area contributed by atoms with Crippen LogP contribution in [0.15, 0.2) is 48.5 Å². The number of aryl methyl sites for hydroxylation is 1. The molecule has 4 rings (SSSR count). The van der Waals surface area contributed by atoms with Gasteiger partial charge in [0.15, 0.2) is 5.13 Å². The number of benzene rings is 2. The van der Waals surface area contributed by atoms with Crippen molar-refractivity contribution in [3.8, 4) is 5.75 Å². The lowest BCUT2D eigenvalue weighted by molar-refractivity contribution is -0.117. The van der Waals surface area contributed by atoms with Crippen molar-refractivity contribution in [1.82, 2.24) is 4.98 Å². The van der Waals surface area contributed by atoms with E-state index in [-0.39, 0.29) is 17.6 Å². The molecule has 1 aliphatic rings. The standard InChI is InChI=1S/C22H20FN3O3S/c1-29-16-11-5-13(6-12-16)20(27)26-22-25-19-17(3-2-4-18(19)30-22)21(28)24-15-9-7-14(23)8-10-15/h5-12,17H,2-4H2,1H3,(H,24,28)(H,25,26,27). The maximum Gasteiger partial charge on any atom is 0.257 e. The van der Waals surface area contributed by atoms with Crippen molar-refractivity contribution < 1.29 is 18.7 Å². The topological polar surface area (TPSA) is 80.3 Å². The second-order valence-electron chi connectivity index (χ2n) is 6.95. The smallest absolute Gasteiger partial charge is 0.257 e. The Morgan fingerprint density at radius 3 is 2.53 bits per heavy atom. The number of rotatable bonds is 5. The van der Waals surface area contributed by atoms with Gasteiger partial charge in [-0.2, -0.15) is 0 Å². The van der Waals surface area contributed by atoms with Gasteiger partial charge in [-0.05, 0) is 67.8 Å². The lowest BCUT2D eigenvalue weighted by Gasteiger charge is -2.20. The summed E-state index contributed by atoms with van der Waals surface area (Å²) in [5, 5.41) is 6.12. The molecule has 1 atom stereocenters. The third kappa shape index (κ3) is 4.33. The number of ether oxygens (including phenoxy) is 1. The summed E-state index contributed by atoms with van der Waals surface area (Å²) in [7, 11) is 1.57. The zero-order chi connectivity index (χ0) is 21.1. The Hall–Kier alpha value is -3.26. The minimum atomic E-state index is -0.401. The molecule has 0 bridgehead atoms. The van der Waals surface area contributed by atoms with Crippen LogP contribution in [0.1, 0.15) is 39.7 Å². The number of hydrogen-bond acceptors (Lipinski definition) is 5. The Labute approximate surface area is 177 Å². The van der Waals surface area contributed by atoms with Crippen LogP contribution in [0.2, 0.25) is 0 Å². The highest BCUT2D eigenvalue weighted by Crippen LogP contribution is 2.37. The molecule has 1 aromatic heterocycles. The molecule has 0 aliphatic heterocycles. The Kier molecular flexibility index (Phi) is 5.76. The number of nitrogens with zero attached hydrogens (tertiary/aromatic N) is 1. The van der Waals surface area contributed by atoms with Crippen molar-refractivity contribution in [2.45, 2.75) is 25.2 Å². The first-order chi connectivity index (χ1) is 14.5. The molecule has 1 unspecified atom stereocenters. The SMILES string of the molecule is COc1ccc(C(=O)Nc2nc3c(s2)CCCC3C(=O)Nc2ccc(F)cc2)cc1. The average molecular weight is 425 g/mol. The van der Waals surface area contributed by atoms with Gasteiger partial charge in [-0.25, -0.2) is 9.37 Å². The molecule has 0 radical (unpaired) electrons. The van der Waals surface area contributed by atoms with Gasteiger partial charge in [-0.1, -0.05) is 0 Å². The molecule has 3 aromatic rings. The number of nitrogens with one attached hydrogen (secondary N) is 2. The highest BCUT2D eigenvalue weighted by molar-refractivity contribution is 7.16. The molecule has 30 heavy (non-hydrogen) atoms. The second kappa shape index (κ2) is 8.62. The molecule has 8 heteroatoms. The van der Waals surface area contributed by atoms with E-state index >= 15 is 0 Å². The minimum absolute atomic E-state index is 0.180. The first kappa shape index (κ1) is 20.0. The number of fused-ring (bicyclic) bond motifs is 1. The number of anilines is 2. The quantitative estimate of drug-likeness (QED) is 0.626. The van der Waals surface area contributed by atoms with Crippen molar-refractivity contribution in [2.75, 3.05) is 17.7 Å². The maximum absolute atomic E-state index is 13.1. The molecular formula is C22H20FN3O3S. The molecule has 0 spiro atoms. The van der Waals surface area contributed by atoms with Crippen molar-refractivity contribution in [3.63, 3.8) is 0 Å². The summed E-state index contributed by atoms with van der Waals surface area (Å²) >= 11 is 1.40. The van der Waals surface area contributed by atoms with Gasteiger partial charge < -0.3 is 10.1 Å². The van der Waals surface area contributed by atoms with Crippen molar-refractivity contribution in [1.29, 1.82) is 0 Å². The predicted molar refractivity (Wildman–Crippen MR) is 114 cm³/mol. The summed E-state index contributed by atoms with van der Waals surface area (Å²) < 4.78 is 18.2. The molecule has 2 amide bonds. The van der Waals surface area contributed by atoms with Gasteiger partial charge in [0.2, 0.25) is 5.91 Å². The first-order valence-electron chi connectivity index (χ1n) is 9.55. The summed E-state index contributed by atoms with van der Waals surface area (Å²) in [6.45, 7) is 0. The molecule has 0 saturated heterocycles. The van der Waals surface area contributed by atoms with Crippen LogP contribution in [0.4, 0.5) is 15.2 Å². The van der Waals surface area contributed by atoms with Crippen LogP contribution >= 0.6 is 11.3 Å². The van der Waals surface area contributed by atoms with E-state index in [9.17, 15) is 14.0 Å². The fourth-order valence-corrected chi connectivity index (χ4v) is 4.46. The summed E-state index contributed by atoms with van der Waals surface area (Å²) in [4.78, 5) is 30.9. The summed E-state index contributed by atoms with van der Waals surface area (Å²) in [6, 6.07) is 12.5. The van der Waals surface area contributed by atoms with Crippen LogP contribution in [0.3, 0.4) is 0 Å². The van der Waals surface area contributed by atoms with Crippen LogP contribution in [0.5, 0.6) is 5.75 Å². The summed E-state index contributed by atoms with van der Waals surface area (Å²) in [5.74, 6) is -0.533. The van der Waals surface area contributed by atoms with Gasteiger partial charge in [0.25, 0.3) is 5.91 Å². The Balaban J connectivity index is 1.48. The Morgan fingerprint density at radius 1 is 1.10 bits per heavy atom. The number of halogens is 1. The predicted octanol–water partition coefficient (Wildman–Crippen LogP) is 4.60. The number of carbonyl (C=O) groups is 2. The van der Waals surface area contributed by atoms with Gasteiger partial charge in [0, 0.05) is 16.1 Å². The maximum atomic E-state index is 13.1. The van der Waals surface area contributed by atoms with Crippen LogP contribution in [-0.2, 0) is 11.2 Å². The first-order valence-corrected chi connectivity index (χ1v) is 10.4. The number of carbonyl (C=O) groups excluding carboxylic acids is 2. The number of thiazole rings is 1. The number of aromatic nitrogens is 1. The van der Waals surface area contributed by atoms with E-state index in [4.69, 9.17) is 4.74 Å². The highest BCUT2D eigenvalue weighted by Gasteiger charge is 2.30. The van der Waals surface area contributed by atoms with Crippen molar-refractivity contribution >= 4 is 34.0 Å². The van der Waals surface area contributed by atoms with E-state index in [1.807, 2.05) is 0 Å².